The molecule has 5 heteroatoms. The molecule has 0 saturated carbocycles. The van der Waals surface area contributed by atoms with Crippen molar-refractivity contribution in [1.82, 2.24) is 4.98 Å². The summed E-state index contributed by atoms with van der Waals surface area (Å²) in [7, 11) is 0. The van der Waals surface area contributed by atoms with Crippen LogP contribution in [0.4, 0.5) is 4.79 Å². The number of nitrogens with zero attached hydrogens (tertiary/aromatic N) is 1. The normalized spacial score (nSPS) is 10.0. The van der Waals surface area contributed by atoms with Crippen molar-refractivity contribution < 1.29 is 9.53 Å². The van der Waals surface area contributed by atoms with E-state index in [9.17, 15) is 4.79 Å². The number of primary amides is 1. The summed E-state index contributed by atoms with van der Waals surface area (Å²) in [4.78, 5) is 15.5. The second kappa shape index (κ2) is 6.07. The third-order valence-electron chi connectivity index (χ3n) is 2.16. The van der Waals surface area contributed by atoms with Gasteiger partial charge < -0.3 is 10.5 Å². The lowest BCUT2D eigenvalue weighted by Gasteiger charge is -2.04. The van der Waals surface area contributed by atoms with Gasteiger partial charge in [-0.15, -0.1) is 11.8 Å². The first-order valence-corrected chi connectivity index (χ1v) is 6.32. The Morgan fingerprint density at radius 2 is 2.06 bits per heavy atom. The van der Waals surface area contributed by atoms with Gasteiger partial charge in [-0.2, -0.15) is 0 Å². The van der Waals surface area contributed by atoms with Gasteiger partial charge in [0.05, 0.1) is 0 Å². The molecule has 0 unspecified atom stereocenters. The fourth-order valence-electron chi connectivity index (χ4n) is 1.38. The Hall–Kier alpha value is -2.01. The highest BCUT2D eigenvalue weighted by Crippen LogP contribution is 2.24. The summed E-state index contributed by atoms with van der Waals surface area (Å²) < 4.78 is 4.72. The summed E-state index contributed by atoms with van der Waals surface area (Å²) in [5, 5.41) is 0. The number of amides is 1. The van der Waals surface area contributed by atoms with Crippen molar-refractivity contribution >= 4 is 17.9 Å². The number of carbonyl (C=O) groups excluding carboxylic acids is 1. The topological polar surface area (TPSA) is 65.2 Å². The molecule has 18 heavy (non-hydrogen) atoms. The molecule has 2 N–H and O–H groups in total. The van der Waals surface area contributed by atoms with Gasteiger partial charge in [0, 0.05) is 22.9 Å². The smallest absolute Gasteiger partial charge is 0.391 e. The van der Waals surface area contributed by atoms with Gasteiger partial charge in [-0.1, -0.05) is 30.3 Å². The van der Waals surface area contributed by atoms with Crippen LogP contribution in [0.25, 0.3) is 0 Å². The molecule has 2 rings (SSSR count). The summed E-state index contributed by atoms with van der Waals surface area (Å²) in [5.41, 5.74) is 6.16. The molecule has 1 aromatic heterocycles. The number of hydrogen-bond acceptors (Lipinski definition) is 4. The number of pyridine rings is 1. The molecule has 4 nitrogen and oxygen atoms in total. The number of aromatic nitrogens is 1. The van der Waals surface area contributed by atoms with Gasteiger partial charge in [-0.3, -0.25) is 0 Å². The zero-order chi connectivity index (χ0) is 12.8. The summed E-state index contributed by atoms with van der Waals surface area (Å²) in [6.45, 7) is 0. The Morgan fingerprint density at radius 3 is 2.78 bits per heavy atom. The van der Waals surface area contributed by atoms with Crippen LogP contribution >= 0.6 is 11.8 Å². The first-order chi connectivity index (χ1) is 8.74. The fourth-order valence-corrected chi connectivity index (χ4v) is 2.25. The fraction of sp³-hybridized carbons (Fsp3) is 0.0769. The lowest BCUT2D eigenvalue weighted by molar-refractivity contribution is 0.209. The molecule has 2 aromatic rings. The zero-order valence-electron chi connectivity index (χ0n) is 9.58. The van der Waals surface area contributed by atoms with E-state index >= 15 is 0 Å². The highest BCUT2D eigenvalue weighted by molar-refractivity contribution is 7.98. The van der Waals surface area contributed by atoms with Crippen molar-refractivity contribution in [2.45, 2.75) is 10.6 Å². The molecule has 0 bridgehead atoms. The van der Waals surface area contributed by atoms with Crippen LogP contribution in [0.2, 0.25) is 0 Å². The molecule has 1 amide bonds. The minimum Gasteiger partial charge on any atom is -0.391 e. The maximum atomic E-state index is 10.6. The number of carbonyl (C=O) groups is 1. The Bertz CT molecular complexity index is 532. The molecule has 0 spiro atoms. The van der Waals surface area contributed by atoms with E-state index in [0.29, 0.717) is 0 Å². The van der Waals surface area contributed by atoms with E-state index in [-0.39, 0.29) is 5.88 Å². The average molecular weight is 260 g/mol. The standard InChI is InChI=1S/C13H12N2O2S/c14-13(16)17-12-8-11(6-7-15-12)18-9-10-4-2-1-3-5-10/h1-8H,9H2,(H2,14,16). The van der Waals surface area contributed by atoms with Crippen LogP contribution in [0.5, 0.6) is 5.88 Å². The predicted octanol–water partition coefficient (Wildman–Crippen LogP) is 2.83. The highest BCUT2D eigenvalue weighted by Gasteiger charge is 2.02. The minimum atomic E-state index is -0.854. The molecule has 1 heterocycles. The van der Waals surface area contributed by atoms with Gasteiger partial charge in [0.25, 0.3) is 0 Å². The summed E-state index contributed by atoms with van der Waals surface area (Å²) >= 11 is 1.64. The van der Waals surface area contributed by atoms with E-state index in [0.717, 1.165) is 10.6 Å². The zero-order valence-corrected chi connectivity index (χ0v) is 10.4. The van der Waals surface area contributed by atoms with E-state index in [1.54, 1.807) is 24.0 Å². The van der Waals surface area contributed by atoms with E-state index in [1.165, 1.54) is 5.56 Å². The van der Waals surface area contributed by atoms with E-state index in [2.05, 4.69) is 17.1 Å². The molecule has 0 aliphatic heterocycles. The van der Waals surface area contributed by atoms with Crippen LogP contribution in [0, 0.1) is 0 Å². The van der Waals surface area contributed by atoms with Crippen LogP contribution < -0.4 is 10.5 Å². The SMILES string of the molecule is NC(=O)Oc1cc(SCc2ccccc2)ccn1. The molecule has 92 valence electrons. The van der Waals surface area contributed by atoms with Crippen molar-refractivity contribution in [2.75, 3.05) is 0 Å². The molecular formula is C13H12N2O2S. The molecular weight excluding hydrogens is 248 g/mol. The van der Waals surface area contributed by atoms with E-state index in [1.807, 2.05) is 24.3 Å². The number of thioether (sulfide) groups is 1. The molecule has 0 atom stereocenters. The second-order valence-corrected chi connectivity index (χ2v) is 4.57. The molecule has 0 aliphatic carbocycles. The first-order valence-electron chi connectivity index (χ1n) is 5.34. The van der Waals surface area contributed by atoms with E-state index < -0.39 is 6.09 Å². The Balaban J connectivity index is 1.99. The number of rotatable bonds is 4. The summed E-state index contributed by atoms with van der Waals surface area (Å²) in [6.07, 6.45) is 0.735. The summed E-state index contributed by atoms with van der Waals surface area (Å²) in [5.74, 6) is 1.07. The lowest BCUT2D eigenvalue weighted by atomic mass is 10.2. The molecule has 0 radical (unpaired) electrons. The molecule has 1 aromatic carbocycles. The Morgan fingerprint density at radius 1 is 1.28 bits per heavy atom. The number of benzene rings is 1. The van der Waals surface area contributed by atoms with E-state index in [4.69, 9.17) is 10.5 Å². The van der Waals surface area contributed by atoms with Gasteiger partial charge in [0.2, 0.25) is 5.88 Å². The number of hydrogen-bond donors (Lipinski definition) is 1. The Labute approximate surface area is 109 Å². The van der Waals surface area contributed by atoms with Crippen molar-refractivity contribution in [1.29, 1.82) is 0 Å². The van der Waals surface area contributed by atoms with Crippen LogP contribution in [0.15, 0.2) is 53.6 Å². The van der Waals surface area contributed by atoms with Crippen LogP contribution in [-0.4, -0.2) is 11.1 Å². The molecule has 0 saturated heterocycles. The van der Waals surface area contributed by atoms with Crippen molar-refractivity contribution in [3.05, 3.63) is 54.2 Å². The Kier molecular flexibility index (Phi) is 4.20. The van der Waals surface area contributed by atoms with Gasteiger partial charge in [-0.05, 0) is 11.6 Å². The second-order valence-electron chi connectivity index (χ2n) is 3.53. The van der Waals surface area contributed by atoms with Gasteiger partial charge in [0.1, 0.15) is 0 Å². The predicted molar refractivity (Wildman–Crippen MR) is 70.5 cm³/mol. The third-order valence-corrected chi connectivity index (χ3v) is 3.22. The van der Waals surface area contributed by atoms with Gasteiger partial charge in [0.15, 0.2) is 0 Å². The third kappa shape index (κ3) is 3.78. The van der Waals surface area contributed by atoms with Crippen molar-refractivity contribution in [2.24, 2.45) is 5.73 Å². The number of ether oxygens (including phenoxy) is 1. The molecule has 0 aliphatic rings. The quantitative estimate of drug-likeness (QED) is 0.858. The molecule has 0 fully saturated rings. The maximum Gasteiger partial charge on any atom is 0.411 e. The van der Waals surface area contributed by atoms with Crippen molar-refractivity contribution in [3.8, 4) is 5.88 Å². The van der Waals surface area contributed by atoms with Gasteiger partial charge in [-0.25, -0.2) is 9.78 Å². The lowest BCUT2D eigenvalue weighted by Crippen LogP contribution is -2.16. The van der Waals surface area contributed by atoms with Crippen LogP contribution in [-0.2, 0) is 5.75 Å². The largest absolute Gasteiger partial charge is 0.411 e. The van der Waals surface area contributed by atoms with Crippen LogP contribution in [0.3, 0.4) is 0 Å². The number of nitrogens with two attached hydrogens (primary N) is 1. The van der Waals surface area contributed by atoms with Crippen LogP contribution in [0.1, 0.15) is 5.56 Å². The monoisotopic (exact) mass is 260 g/mol. The van der Waals surface area contributed by atoms with Gasteiger partial charge >= 0.3 is 6.09 Å². The average Bonchev–Trinajstić information content (AvgIpc) is 2.37. The maximum absolute atomic E-state index is 10.6. The highest BCUT2D eigenvalue weighted by atomic mass is 32.2. The minimum absolute atomic E-state index is 0.223. The van der Waals surface area contributed by atoms with Crippen molar-refractivity contribution in [3.63, 3.8) is 0 Å². The summed E-state index contributed by atoms with van der Waals surface area (Å²) in [6, 6.07) is 13.7. The first kappa shape index (κ1) is 12.4.